The lowest BCUT2D eigenvalue weighted by Gasteiger charge is -2.11. The van der Waals surface area contributed by atoms with Crippen molar-refractivity contribution in [1.29, 1.82) is 0 Å². The third-order valence-corrected chi connectivity index (χ3v) is 5.32. The summed E-state index contributed by atoms with van der Waals surface area (Å²) in [7, 11) is 0. The Kier molecular flexibility index (Phi) is 4.34. The van der Waals surface area contributed by atoms with Crippen molar-refractivity contribution in [3.8, 4) is 0 Å². The molecular weight excluding hydrogens is 318 g/mol. The molecule has 0 saturated heterocycles. The van der Waals surface area contributed by atoms with Crippen molar-refractivity contribution in [2.45, 2.75) is 32.6 Å². The van der Waals surface area contributed by atoms with E-state index in [0.29, 0.717) is 12.3 Å². The molecule has 3 aromatic carbocycles. The Morgan fingerprint density at radius 2 is 1.50 bits per heavy atom. The first kappa shape index (κ1) is 16.6. The Morgan fingerprint density at radius 1 is 0.885 bits per heavy atom. The molecule has 0 aliphatic carbocycles. The molecule has 0 amide bonds. The third-order valence-electron chi connectivity index (χ3n) is 5.32. The first-order valence-electron chi connectivity index (χ1n) is 9.29. The zero-order valence-electron chi connectivity index (χ0n) is 15.3. The number of rotatable bonds is 4. The van der Waals surface area contributed by atoms with Gasteiger partial charge in [-0.05, 0) is 35.6 Å². The normalized spacial score (nSPS) is 12.5. The first-order valence-corrected chi connectivity index (χ1v) is 9.29. The van der Waals surface area contributed by atoms with Crippen molar-refractivity contribution in [3.63, 3.8) is 0 Å². The van der Waals surface area contributed by atoms with Crippen LogP contribution in [0.1, 0.15) is 42.1 Å². The van der Waals surface area contributed by atoms with Crippen LogP contribution in [-0.4, -0.2) is 10.5 Å². The summed E-state index contributed by atoms with van der Waals surface area (Å²) in [4.78, 5) is 13.2. The molecule has 0 fully saturated rings. The summed E-state index contributed by atoms with van der Waals surface area (Å²) in [6.45, 7) is 4.43. The number of aromatic nitrogens is 1. The molecule has 1 heterocycles. The standard InChI is InChI=1S/C24H23NO/c1-3-17(2)19-10-8-9-18(15-19)16-24(26)25-22-13-6-4-11-20(22)21-12-5-7-14-23(21)25/h4-15,17H,3,16H2,1-2H3. The molecule has 2 heteroatoms. The van der Waals surface area contributed by atoms with Gasteiger partial charge in [-0.25, -0.2) is 0 Å². The van der Waals surface area contributed by atoms with Gasteiger partial charge in [-0.1, -0.05) is 74.5 Å². The van der Waals surface area contributed by atoms with Crippen molar-refractivity contribution in [1.82, 2.24) is 4.57 Å². The van der Waals surface area contributed by atoms with Gasteiger partial charge >= 0.3 is 0 Å². The fourth-order valence-corrected chi connectivity index (χ4v) is 3.69. The first-order chi connectivity index (χ1) is 12.7. The van der Waals surface area contributed by atoms with Gasteiger partial charge in [0.1, 0.15) is 0 Å². The fraction of sp³-hybridized carbons (Fsp3) is 0.208. The number of para-hydroxylation sites is 2. The second-order valence-electron chi connectivity index (χ2n) is 6.99. The molecule has 1 unspecified atom stereocenters. The van der Waals surface area contributed by atoms with E-state index in [1.54, 1.807) is 0 Å². The molecule has 130 valence electrons. The Hall–Kier alpha value is -2.87. The second-order valence-corrected chi connectivity index (χ2v) is 6.99. The summed E-state index contributed by atoms with van der Waals surface area (Å²) < 4.78 is 1.88. The van der Waals surface area contributed by atoms with Gasteiger partial charge in [0.25, 0.3) is 0 Å². The van der Waals surface area contributed by atoms with Crippen LogP contribution >= 0.6 is 0 Å². The summed E-state index contributed by atoms with van der Waals surface area (Å²) in [5, 5.41) is 2.26. The number of hydrogen-bond donors (Lipinski definition) is 0. The molecule has 0 bridgehead atoms. The van der Waals surface area contributed by atoms with E-state index in [-0.39, 0.29) is 5.91 Å². The topological polar surface area (TPSA) is 22.0 Å². The van der Waals surface area contributed by atoms with Crippen LogP contribution < -0.4 is 0 Å². The Morgan fingerprint density at radius 3 is 2.12 bits per heavy atom. The van der Waals surface area contributed by atoms with Gasteiger partial charge < -0.3 is 0 Å². The Bertz CT molecular complexity index is 1040. The van der Waals surface area contributed by atoms with Crippen LogP contribution in [0.25, 0.3) is 21.8 Å². The molecule has 1 aromatic heterocycles. The lowest BCUT2D eigenvalue weighted by Crippen LogP contribution is -2.13. The quantitative estimate of drug-likeness (QED) is 0.434. The average Bonchev–Trinajstić information content (AvgIpc) is 3.02. The van der Waals surface area contributed by atoms with Crippen molar-refractivity contribution in [2.75, 3.05) is 0 Å². The smallest absolute Gasteiger partial charge is 0.235 e. The zero-order valence-corrected chi connectivity index (χ0v) is 15.3. The van der Waals surface area contributed by atoms with Crippen LogP contribution in [0.3, 0.4) is 0 Å². The molecule has 2 nitrogen and oxygen atoms in total. The van der Waals surface area contributed by atoms with Gasteiger partial charge in [0.15, 0.2) is 0 Å². The maximum Gasteiger partial charge on any atom is 0.235 e. The van der Waals surface area contributed by atoms with Crippen molar-refractivity contribution in [2.24, 2.45) is 0 Å². The van der Waals surface area contributed by atoms with Gasteiger partial charge in [0.05, 0.1) is 17.5 Å². The van der Waals surface area contributed by atoms with Crippen LogP contribution in [0.15, 0.2) is 72.8 Å². The summed E-state index contributed by atoms with van der Waals surface area (Å²) in [6, 6.07) is 24.7. The Labute approximate surface area is 154 Å². The van der Waals surface area contributed by atoms with Gasteiger partial charge in [-0.3, -0.25) is 9.36 Å². The number of carbonyl (C=O) groups is 1. The molecule has 0 saturated carbocycles. The van der Waals surface area contributed by atoms with Gasteiger partial charge in [0, 0.05) is 10.8 Å². The maximum atomic E-state index is 13.2. The van der Waals surface area contributed by atoms with Gasteiger partial charge in [-0.15, -0.1) is 0 Å². The lowest BCUT2D eigenvalue weighted by atomic mass is 9.96. The van der Waals surface area contributed by atoms with Gasteiger partial charge in [-0.2, -0.15) is 0 Å². The average molecular weight is 341 g/mol. The van der Waals surface area contributed by atoms with E-state index < -0.39 is 0 Å². The van der Waals surface area contributed by atoms with E-state index in [1.165, 1.54) is 5.56 Å². The van der Waals surface area contributed by atoms with Crippen molar-refractivity contribution in [3.05, 3.63) is 83.9 Å². The molecule has 0 N–H and O–H groups in total. The number of fused-ring (bicyclic) bond motifs is 3. The summed E-state index contributed by atoms with van der Waals surface area (Å²) >= 11 is 0. The largest absolute Gasteiger partial charge is 0.280 e. The molecule has 0 aliphatic heterocycles. The highest BCUT2D eigenvalue weighted by Crippen LogP contribution is 2.29. The number of benzene rings is 3. The highest BCUT2D eigenvalue weighted by molar-refractivity contribution is 6.13. The van der Waals surface area contributed by atoms with E-state index >= 15 is 0 Å². The maximum absolute atomic E-state index is 13.2. The molecular formula is C24H23NO. The predicted octanol–water partition coefficient (Wildman–Crippen LogP) is 6.19. The molecule has 0 spiro atoms. The van der Waals surface area contributed by atoms with E-state index in [4.69, 9.17) is 0 Å². The van der Waals surface area contributed by atoms with E-state index in [0.717, 1.165) is 33.8 Å². The summed E-state index contributed by atoms with van der Waals surface area (Å²) in [5.74, 6) is 0.627. The van der Waals surface area contributed by atoms with Crippen LogP contribution in [0.5, 0.6) is 0 Å². The Balaban J connectivity index is 1.77. The highest BCUT2D eigenvalue weighted by atomic mass is 16.2. The van der Waals surface area contributed by atoms with Crippen LogP contribution in [-0.2, 0) is 6.42 Å². The molecule has 26 heavy (non-hydrogen) atoms. The zero-order chi connectivity index (χ0) is 18.1. The minimum Gasteiger partial charge on any atom is -0.280 e. The minimum atomic E-state index is 0.115. The monoisotopic (exact) mass is 341 g/mol. The molecule has 1 atom stereocenters. The SMILES string of the molecule is CCC(C)c1cccc(CC(=O)n2c3ccccc3c3ccccc32)c1. The minimum absolute atomic E-state index is 0.115. The molecule has 0 aliphatic rings. The number of nitrogens with zero attached hydrogens (tertiary/aromatic N) is 1. The lowest BCUT2D eigenvalue weighted by molar-refractivity contribution is 0.0924. The van der Waals surface area contributed by atoms with Gasteiger partial charge in [0.2, 0.25) is 5.91 Å². The van der Waals surface area contributed by atoms with Crippen molar-refractivity contribution >= 4 is 27.7 Å². The van der Waals surface area contributed by atoms with Crippen LogP contribution in [0, 0.1) is 0 Å². The van der Waals surface area contributed by atoms with Crippen molar-refractivity contribution < 1.29 is 4.79 Å². The van der Waals surface area contributed by atoms with E-state index in [2.05, 4.69) is 50.2 Å². The van der Waals surface area contributed by atoms with Crippen LogP contribution in [0.4, 0.5) is 0 Å². The second kappa shape index (κ2) is 6.80. The fourth-order valence-electron chi connectivity index (χ4n) is 3.69. The van der Waals surface area contributed by atoms with Crippen LogP contribution in [0.2, 0.25) is 0 Å². The highest BCUT2D eigenvalue weighted by Gasteiger charge is 2.16. The number of carbonyl (C=O) groups excluding carboxylic acids is 1. The molecule has 0 radical (unpaired) electrons. The molecule has 4 aromatic rings. The third kappa shape index (κ3) is 2.82. The molecule has 4 rings (SSSR count). The summed E-state index contributed by atoms with van der Waals surface area (Å²) in [5.41, 5.74) is 4.35. The predicted molar refractivity (Wildman–Crippen MR) is 109 cm³/mol. The number of hydrogen-bond acceptors (Lipinski definition) is 1. The summed E-state index contributed by atoms with van der Waals surface area (Å²) in [6.07, 6.45) is 1.51. The van der Waals surface area contributed by atoms with E-state index in [9.17, 15) is 4.79 Å². The van der Waals surface area contributed by atoms with E-state index in [1.807, 2.05) is 41.0 Å².